The van der Waals surface area contributed by atoms with Crippen LogP contribution in [0.5, 0.6) is 0 Å². The normalized spacial score (nSPS) is 13.1. The van der Waals surface area contributed by atoms with E-state index in [0.29, 0.717) is 5.56 Å². The lowest BCUT2D eigenvalue weighted by Crippen LogP contribution is -2.38. The predicted molar refractivity (Wildman–Crippen MR) is 84.0 cm³/mol. The Balaban J connectivity index is 2.49. The van der Waals surface area contributed by atoms with E-state index in [-0.39, 0.29) is 12.8 Å². The maximum atomic E-state index is 13.1. The third-order valence-electron chi connectivity index (χ3n) is 3.84. The highest BCUT2D eigenvalue weighted by atomic mass is 19.1. The first kappa shape index (κ1) is 15.8. The maximum Gasteiger partial charge on any atom is 0.315 e. The number of benzene rings is 2. The van der Waals surface area contributed by atoms with E-state index in [2.05, 4.69) is 5.92 Å². The van der Waals surface area contributed by atoms with Gasteiger partial charge in [0.2, 0.25) is 0 Å². The molecule has 0 aromatic heterocycles. The molecule has 1 atom stereocenters. The Morgan fingerprint density at radius 1 is 1.18 bits per heavy atom. The van der Waals surface area contributed by atoms with Gasteiger partial charge in [-0.2, -0.15) is 0 Å². The van der Waals surface area contributed by atoms with Gasteiger partial charge in [-0.05, 0) is 36.6 Å². The third kappa shape index (κ3) is 3.17. The van der Waals surface area contributed by atoms with E-state index in [1.54, 1.807) is 0 Å². The summed E-state index contributed by atoms with van der Waals surface area (Å²) in [4.78, 5) is 12.0. The van der Waals surface area contributed by atoms with E-state index in [1.807, 2.05) is 31.2 Å². The number of carboxylic acid groups (broad SMARTS) is 1. The molecule has 2 aromatic rings. The number of halogens is 1. The fourth-order valence-electron chi connectivity index (χ4n) is 2.54. The van der Waals surface area contributed by atoms with Gasteiger partial charge in [0.15, 0.2) is 0 Å². The summed E-state index contributed by atoms with van der Waals surface area (Å²) in [6.07, 6.45) is 5.72. The molecule has 0 heterocycles. The van der Waals surface area contributed by atoms with Crippen molar-refractivity contribution in [2.24, 2.45) is 0 Å². The molecule has 0 unspecified atom stereocenters. The van der Waals surface area contributed by atoms with Gasteiger partial charge in [-0.25, -0.2) is 4.39 Å². The number of carboxylic acids is 1. The molecule has 112 valence electrons. The zero-order valence-corrected chi connectivity index (χ0v) is 12.3. The molecule has 0 aliphatic heterocycles. The molecule has 0 spiro atoms. The molecular formula is C19H17FO2. The Bertz CT molecular complexity index is 696. The molecule has 0 fully saturated rings. The average Bonchev–Trinajstić information content (AvgIpc) is 2.49. The first-order valence-corrected chi connectivity index (χ1v) is 6.96. The van der Waals surface area contributed by atoms with E-state index < -0.39 is 17.2 Å². The third-order valence-corrected chi connectivity index (χ3v) is 3.84. The van der Waals surface area contributed by atoms with Crippen LogP contribution >= 0.6 is 0 Å². The summed E-state index contributed by atoms with van der Waals surface area (Å²) < 4.78 is 13.1. The molecule has 0 radical (unpaired) electrons. The Labute approximate surface area is 129 Å². The van der Waals surface area contributed by atoms with Crippen LogP contribution in [0.1, 0.15) is 23.1 Å². The van der Waals surface area contributed by atoms with E-state index >= 15 is 0 Å². The van der Waals surface area contributed by atoms with Gasteiger partial charge in [-0.15, -0.1) is 12.3 Å². The van der Waals surface area contributed by atoms with Crippen molar-refractivity contribution in [1.29, 1.82) is 0 Å². The van der Waals surface area contributed by atoms with Crippen molar-refractivity contribution in [3.63, 3.8) is 0 Å². The molecular weight excluding hydrogens is 279 g/mol. The first-order valence-electron chi connectivity index (χ1n) is 6.96. The van der Waals surface area contributed by atoms with E-state index in [0.717, 1.165) is 11.1 Å². The molecule has 2 rings (SSSR count). The topological polar surface area (TPSA) is 37.3 Å². The van der Waals surface area contributed by atoms with Crippen molar-refractivity contribution < 1.29 is 14.3 Å². The van der Waals surface area contributed by atoms with Crippen LogP contribution in [-0.2, 0) is 16.6 Å². The van der Waals surface area contributed by atoms with Crippen molar-refractivity contribution in [2.45, 2.75) is 25.2 Å². The minimum absolute atomic E-state index is 0.0435. The number of carbonyl (C=O) groups is 1. The molecule has 1 N–H and O–H groups in total. The summed E-state index contributed by atoms with van der Waals surface area (Å²) in [6.45, 7) is 1.97. The molecule has 0 saturated heterocycles. The molecule has 0 amide bonds. The Hall–Kier alpha value is -2.60. The minimum atomic E-state index is -1.25. The van der Waals surface area contributed by atoms with Crippen LogP contribution in [0.4, 0.5) is 4.39 Å². The van der Waals surface area contributed by atoms with Crippen LogP contribution < -0.4 is 0 Å². The highest BCUT2D eigenvalue weighted by molar-refractivity contribution is 5.82. The van der Waals surface area contributed by atoms with Gasteiger partial charge in [-0.3, -0.25) is 4.79 Å². The second-order valence-corrected chi connectivity index (χ2v) is 5.44. The van der Waals surface area contributed by atoms with Crippen LogP contribution in [0.3, 0.4) is 0 Å². The van der Waals surface area contributed by atoms with Gasteiger partial charge < -0.3 is 5.11 Å². The lowest BCUT2D eigenvalue weighted by atomic mass is 9.73. The summed E-state index contributed by atoms with van der Waals surface area (Å²) in [5.41, 5.74) is 1.24. The Morgan fingerprint density at radius 3 is 2.27 bits per heavy atom. The van der Waals surface area contributed by atoms with Crippen LogP contribution in [-0.4, -0.2) is 11.1 Å². The SMILES string of the molecule is C#CC[C@@](Cc1ccc(C)cc1)(C(=O)O)c1ccc(F)cc1. The zero-order chi connectivity index (χ0) is 16.2. The molecule has 0 bridgehead atoms. The summed E-state index contributed by atoms with van der Waals surface area (Å²) in [7, 11) is 0. The summed E-state index contributed by atoms with van der Waals surface area (Å²) in [6, 6.07) is 13.2. The van der Waals surface area contributed by atoms with Crippen molar-refractivity contribution >= 4 is 5.97 Å². The lowest BCUT2D eigenvalue weighted by molar-refractivity contribution is -0.143. The first-order chi connectivity index (χ1) is 10.5. The van der Waals surface area contributed by atoms with Crippen molar-refractivity contribution in [3.8, 4) is 12.3 Å². The van der Waals surface area contributed by atoms with Crippen molar-refractivity contribution in [2.75, 3.05) is 0 Å². The maximum absolute atomic E-state index is 13.1. The van der Waals surface area contributed by atoms with Crippen molar-refractivity contribution in [1.82, 2.24) is 0 Å². The Kier molecular flexibility index (Phi) is 4.62. The highest BCUT2D eigenvalue weighted by Gasteiger charge is 2.40. The fraction of sp³-hybridized carbons (Fsp3) is 0.211. The van der Waals surface area contributed by atoms with Crippen molar-refractivity contribution in [3.05, 3.63) is 71.0 Å². The number of hydrogen-bond donors (Lipinski definition) is 1. The molecule has 0 aliphatic carbocycles. The van der Waals surface area contributed by atoms with Gasteiger partial charge in [0, 0.05) is 6.42 Å². The largest absolute Gasteiger partial charge is 0.481 e. The molecule has 3 heteroatoms. The van der Waals surface area contributed by atoms with Crippen LogP contribution in [0.2, 0.25) is 0 Å². The van der Waals surface area contributed by atoms with Crippen LogP contribution in [0.15, 0.2) is 48.5 Å². The monoisotopic (exact) mass is 296 g/mol. The zero-order valence-electron chi connectivity index (χ0n) is 12.3. The molecule has 0 saturated carbocycles. The molecule has 0 aliphatic rings. The van der Waals surface area contributed by atoms with Crippen LogP contribution in [0, 0.1) is 25.1 Å². The average molecular weight is 296 g/mol. The molecule has 2 nitrogen and oxygen atoms in total. The Morgan fingerprint density at radius 2 is 1.77 bits per heavy atom. The van der Waals surface area contributed by atoms with Gasteiger partial charge in [-0.1, -0.05) is 42.0 Å². The quantitative estimate of drug-likeness (QED) is 0.854. The number of terminal acetylenes is 1. The minimum Gasteiger partial charge on any atom is -0.481 e. The summed E-state index contributed by atoms with van der Waals surface area (Å²) in [5, 5.41) is 9.80. The number of aryl methyl sites for hydroxylation is 1. The standard InChI is InChI=1S/C19H17FO2/c1-3-12-19(18(21)22,16-8-10-17(20)11-9-16)13-15-6-4-14(2)5-7-15/h1,4-11H,12-13H2,2H3,(H,21,22)/t19-/m0/s1. The predicted octanol–water partition coefficient (Wildman–Crippen LogP) is 3.72. The molecule has 22 heavy (non-hydrogen) atoms. The second-order valence-electron chi connectivity index (χ2n) is 5.44. The van der Waals surface area contributed by atoms with E-state index in [4.69, 9.17) is 6.42 Å². The van der Waals surface area contributed by atoms with Crippen LogP contribution in [0.25, 0.3) is 0 Å². The summed E-state index contributed by atoms with van der Waals surface area (Å²) in [5.74, 6) is 1.05. The van der Waals surface area contributed by atoms with Gasteiger partial charge in [0.05, 0.1) is 0 Å². The number of hydrogen-bond acceptors (Lipinski definition) is 1. The fourth-order valence-corrected chi connectivity index (χ4v) is 2.54. The number of aliphatic carboxylic acids is 1. The molecule has 2 aromatic carbocycles. The lowest BCUT2D eigenvalue weighted by Gasteiger charge is -2.28. The number of rotatable bonds is 5. The van der Waals surface area contributed by atoms with Gasteiger partial charge in [0.1, 0.15) is 11.2 Å². The second kappa shape index (κ2) is 6.44. The van der Waals surface area contributed by atoms with Gasteiger partial charge in [0.25, 0.3) is 0 Å². The summed E-state index contributed by atoms with van der Waals surface area (Å²) >= 11 is 0. The smallest absolute Gasteiger partial charge is 0.315 e. The van der Waals surface area contributed by atoms with Gasteiger partial charge >= 0.3 is 5.97 Å². The van der Waals surface area contributed by atoms with E-state index in [1.165, 1.54) is 24.3 Å². The van der Waals surface area contributed by atoms with E-state index in [9.17, 15) is 14.3 Å². The highest BCUT2D eigenvalue weighted by Crippen LogP contribution is 2.33.